The van der Waals surface area contributed by atoms with Crippen molar-refractivity contribution in [2.24, 2.45) is 0 Å². The van der Waals surface area contributed by atoms with Gasteiger partial charge < -0.3 is 5.32 Å². The summed E-state index contributed by atoms with van der Waals surface area (Å²) in [7, 11) is 0. The Morgan fingerprint density at radius 1 is 1.22 bits per heavy atom. The fraction of sp³-hybridized carbons (Fsp3) is 0.118. The van der Waals surface area contributed by atoms with Crippen molar-refractivity contribution in [3.05, 3.63) is 76.5 Å². The van der Waals surface area contributed by atoms with Crippen molar-refractivity contribution in [1.82, 2.24) is 14.8 Å². The van der Waals surface area contributed by atoms with Gasteiger partial charge in [0.1, 0.15) is 0 Å². The molecule has 2 aromatic heterocycles. The lowest BCUT2D eigenvalue weighted by atomic mass is 10.1. The molecule has 0 aliphatic rings. The summed E-state index contributed by atoms with van der Waals surface area (Å²) in [5, 5.41) is 6.34. The molecule has 2 heterocycles. The maximum absolute atomic E-state index is 13.6. The number of carbonyl (C=O) groups is 1. The van der Waals surface area contributed by atoms with Crippen molar-refractivity contribution < 1.29 is 22.4 Å². The van der Waals surface area contributed by atoms with E-state index in [0.717, 1.165) is 12.3 Å². The molecule has 140 valence electrons. The van der Waals surface area contributed by atoms with Gasteiger partial charge in [0.2, 0.25) is 0 Å². The number of halogens is 5. The number of anilines is 1. The second-order valence-electron chi connectivity index (χ2n) is 5.51. The summed E-state index contributed by atoms with van der Waals surface area (Å²) in [5.41, 5.74) is -1.13. The number of alkyl halides is 3. The van der Waals surface area contributed by atoms with Crippen LogP contribution in [0.5, 0.6) is 0 Å². The summed E-state index contributed by atoms with van der Waals surface area (Å²) in [4.78, 5) is 15.6. The molecular formula is C17H11ClF4N4O. The Kier molecular flexibility index (Phi) is 5.13. The summed E-state index contributed by atoms with van der Waals surface area (Å²) in [5.74, 6) is -1.48. The van der Waals surface area contributed by atoms with E-state index in [1.165, 1.54) is 41.3 Å². The highest BCUT2D eigenvalue weighted by molar-refractivity contribution is 6.30. The number of rotatable bonds is 4. The molecule has 0 saturated heterocycles. The van der Waals surface area contributed by atoms with Crippen LogP contribution in [-0.2, 0) is 12.7 Å². The molecule has 0 spiro atoms. The number of amides is 1. The zero-order valence-corrected chi connectivity index (χ0v) is 14.2. The van der Waals surface area contributed by atoms with Gasteiger partial charge >= 0.3 is 6.18 Å². The van der Waals surface area contributed by atoms with E-state index >= 15 is 0 Å². The number of hydrogen-bond donors (Lipinski definition) is 1. The average molecular weight is 399 g/mol. The molecule has 1 N–H and O–H groups in total. The van der Waals surface area contributed by atoms with Crippen molar-refractivity contribution in [2.45, 2.75) is 12.7 Å². The van der Waals surface area contributed by atoms with Crippen molar-refractivity contribution in [3.8, 4) is 0 Å². The second kappa shape index (κ2) is 7.36. The summed E-state index contributed by atoms with van der Waals surface area (Å²) in [6.07, 6.45) is -1.01. The molecule has 0 fully saturated rings. The minimum absolute atomic E-state index is 0.0288. The summed E-state index contributed by atoms with van der Waals surface area (Å²) < 4.78 is 54.2. The Morgan fingerprint density at radius 3 is 2.70 bits per heavy atom. The molecule has 0 atom stereocenters. The molecule has 1 aromatic carbocycles. The van der Waals surface area contributed by atoms with E-state index in [9.17, 15) is 22.4 Å². The Morgan fingerprint density at radius 2 is 2.00 bits per heavy atom. The average Bonchev–Trinajstić information content (AvgIpc) is 3.03. The number of aromatic nitrogens is 3. The number of nitrogens with one attached hydrogen (secondary N) is 1. The fourth-order valence-corrected chi connectivity index (χ4v) is 2.56. The monoisotopic (exact) mass is 398 g/mol. The number of hydrogen-bond acceptors (Lipinski definition) is 3. The standard InChI is InChI=1S/C17H11ClF4N4O/c18-11-2-1-10(13(7-11)17(20,21)22)9-26-6-4-15(25-26)24-16(27)12-3-5-23-8-14(12)19/h1-8H,9H2,(H,24,25,27). The summed E-state index contributed by atoms with van der Waals surface area (Å²) in [6, 6.07) is 6.04. The minimum Gasteiger partial charge on any atom is -0.305 e. The molecule has 3 rings (SSSR count). The van der Waals surface area contributed by atoms with Crippen LogP contribution in [0.3, 0.4) is 0 Å². The van der Waals surface area contributed by atoms with Crippen LogP contribution < -0.4 is 5.32 Å². The van der Waals surface area contributed by atoms with Crippen LogP contribution in [0.25, 0.3) is 0 Å². The Hall–Kier alpha value is -2.94. The maximum Gasteiger partial charge on any atom is 0.416 e. The molecular weight excluding hydrogens is 388 g/mol. The van der Waals surface area contributed by atoms with Gasteiger partial charge in [-0.3, -0.25) is 14.5 Å². The lowest BCUT2D eigenvalue weighted by Crippen LogP contribution is -2.15. The Bertz CT molecular complexity index is 987. The quantitative estimate of drug-likeness (QED) is 0.663. The first kappa shape index (κ1) is 18.8. The predicted octanol–water partition coefficient (Wildman–Crippen LogP) is 4.39. The van der Waals surface area contributed by atoms with Crippen molar-refractivity contribution in [1.29, 1.82) is 0 Å². The highest BCUT2D eigenvalue weighted by atomic mass is 35.5. The first-order valence-corrected chi connectivity index (χ1v) is 7.92. The smallest absolute Gasteiger partial charge is 0.305 e. The molecule has 0 radical (unpaired) electrons. The maximum atomic E-state index is 13.6. The third-order valence-electron chi connectivity index (χ3n) is 3.61. The highest BCUT2D eigenvalue weighted by Gasteiger charge is 2.33. The summed E-state index contributed by atoms with van der Waals surface area (Å²) >= 11 is 5.65. The van der Waals surface area contributed by atoms with Gasteiger partial charge in [0, 0.05) is 23.5 Å². The van der Waals surface area contributed by atoms with Gasteiger partial charge in [0.05, 0.1) is 23.9 Å². The summed E-state index contributed by atoms with van der Waals surface area (Å²) in [6.45, 7) is -0.189. The Labute approximate surface area is 155 Å². The molecule has 0 aliphatic carbocycles. The molecule has 0 bridgehead atoms. The molecule has 0 aliphatic heterocycles. The molecule has 10 heteroatoms. The van der Waals surface area contributed by atoms with Gasteiger partial charge in [0.25, 0.3) is 5.91 Å². The van der Waals surface area contributed by atoms with Crippen molar-refractivity contribution in [3.63, 3.8) is 0 Å². The molecule has 0 unspecified atom stereocenters. The van der Waals surface area contributed by atoms with Gasteiger partial charge in [-0.2, -0.15) is 18.3 Å². The van der Waals surface area contributed by atoms with Gasteiger partial charge in [0.15, 0.2) is 11.6 Å². The van der Waals surface area contributed by atoms with Crippen molar-refractivity contribution in [2.75, 3.05) is 5.32 Å². The Balaban J connectivity index is 1.78. The topological polar surface area (TPSA) is 59.8 Å². The van der Waals surface area contributed by atoms with Crippen LogP contribution in [0.1, 0.15) is 21.5 Å². The van der Waals surface area contributed by atoms with Gasteiger partial charge in [-0.1, -0.05) is 17.7 Å². The molecule has 3 aromatic rings. The minimum atomic E-state index is -4.57. The fourth-order valence-electron chi connectivity index (χ4n) is 2.38. The highest BCUT2D eigenvalue weighted by Crippen LogP contribution is 2.34. The van der Waals surface area contributed by atoms with Crippen LogP contribution in [0, 0.1) is 5.82 Å². The predicted molar refractivity (Wildman–Crippen MR) is 89.9 cm³/mol. The number of carbonyl (C=O) groups excluding carboxylic acids is 1. The van der Waals surface area contributed by atoms with Crippen LogP contribution in [-0.4, -0.2) is 20.7 Å². The largest absolute Gasteiger partial charge is 0.416 e. The lowest BCUT2D eigenvalue weighted by molar-refractivity contribution is -0.138. The van der Waals surface area contributed by atoms with E-state index in [1.807, 2.05) is 0 Å². The van der Waals surface area contributed by atoms with Crippen LogP contribution >= 0.6 is 11.6 Å². The number of pyridine rings is 1. The van der Waals surface area contributed by atoms with Gasteiger partial charge in [-0.15, -0.1) is 0 Å². The first-order valence-electron chi connectivity index (χ1n) is 7.54. The molecule has 5 nitrogen and oxygen atoms in total. The molecule has 27 heavy (non-hydrogen) atoms. The van der Waals surface area contributed by atoms with Crippen LogP contribution in [0.2, 0.25) is 5.02 Å². The molecule has 1 amide bonds. The zero-order chi connectivity index (χ0) is 19.6. The van der Waals surface area contributed by atoms with E-state index in [0.29, 0.717) is 0 Å². The first-order chi connectivity index (χ1) is 12.7. The third-order valence-corrected chi connectivity index (χ3v) is 3.84. The normalized spacial score (nSPS) is 11.4. The zero-order valence-electron chi connectivity index (χ0n) is 13.5. The number of nitrogens with zero attached hydrogens (tertiary/aromatic N) is 3. The SMILES string of the molecule is O=C(Nc1ccn(Cc2ccc(Cl)cc2C(F)(F)F)n1)c1ccncc1F. The van der Waals surface area contributed by atoms with E-state index in [-0.39, 0.29) is 28.5 Å². The van der Waals surface area contributed by atoms with E-state index < -0.39 is 23.5 Å². The van der Waals surface area contributed by atoms with Crippen LogP contribution in [0.15, 0.2) is 48.9 Å². The lowest BCUT2D eigenvalue weighted by Gasteiger charge is -2.13. The van der Waals surface area contributed by atoms with Crippen LogP contribution in [0.4, 0.5) is 23.4 Å². The third kappa shape index (κ3) is 4.43. The van der Waals surface area contributed by atoms with Gasteiger partial charge in [-0.25, -0.2) is 4.39 Å². The van der Waals surface area contributed by atoms with Crippen molar-refractivity contribution >= 4 is 23.3 Å². The molecule has 0 saturated carbocycles. The van der Waals surface area contributed by atoms with E-state index in [2.05, 4.69) is 15.4 Å². The van der Waals surface area contributed by atoms with E-state index in [1.54, 1.807) is 0 Å². The second-order valence-corrected chi connectivity index (χ2v) is 5.94. The number of benzene rings is 1. The van der Waals surface area contributed by atoms with E-state index in [4.69, 9.17) is 11.6 Å². The van der Waals surface area contributed by atoms with Gasteiger partial charge in [-0.05, 0) is 23.8 Å².